The number of hydrogen-bond donors (Lipinski definition) is 1. The van der Waals surface area contributed by atoms with Crippen molar-refractivity contribution in [1.82, 2.24) is 4.98 Å². The largest absolute Gasteiger partial charge is 0.465 e. The summed E-state index contributed by atoms with van der Waals surface area (Å²) < 4.78 is 5.14. The zero-order valence-corrected chi connectivity index (χ0v) is 13.7. The predicted octanol–water partition coefficient (Wildman–Crippen LogP) is 3.97. The molecule has 2 aromatic heterocycles. The lowest BCUT2D eigenvalue weighted by Crippen LogP contribution is -2.14. The number of nitrogens with zero attached hydrogens (tertiary/aromatic N) is 1. The van der Waals surface area contributed by atoms with Crippen LogP contribution in [0, 0.1) is 0 Å². The zero-order chi connectivity index (χ0) is 14.8. The lowest BCUT2D eigenvalue weighted by molar-refractivity contribution is -0.145. The number of nitrogens with one attached hydrogen (secondary N) is 1. The Kier molecular flexibility index (Phi) is 4.26. The number of anilines is 1. The molecule has 0 aromatic carbocycles. The molecule has 2 aromatic rings. The summed E-state index contributed by atoms with van der Waals surface area (Å²) in [6.45, 7) is 4.39. The monoisotopic (exact) mass is 322 g/mol. The van der Waals surface area contributed by atoms with E-state index < -0.39 is 0 Å². The first-order valence-electron chi connectivity index (χ1n) is 7.14. The Morgan fingerprint density at radius 1 is 1.62 bits per heavy atom. The lowest BCUT2D eigenvalue weighted by Gasteiger charge is -2.11. The maximum Gasteiger partial charge on any atom is 0.315 e. The summed E-state index contributed by atoms with van der Waals surface area (Å²) in [5.41, 5.74) is 2.18. The molecule has 112 valence electrons. The fourth-order valence-corrected chi connectivity index (χ4v) is 4.43. The molecule has 21 heavy (non-hydrogen) atoms. The van der Waals surface area contributed by atoms with Crippen molar-refractivity contribution in [3.8, 4) is 0 Å². The maximum absolute atomic E-state index is 11.9. The molecule has 2 unspecified atom stereocenters. The molecule has 1 N–H and O–H groups in total. The van der Waals surface area contributed by atoms with Crippen LogP contribution < -0.4 is 5.32 Å². The molecule has 1 aliphatic rings. The number of rotatable bonds is 5. The van der Waals surface area contributed by atoms with E-state index in [1.165, 1.54) is 10.4 Å². The standard InChI is InChI=1S/C15H18N2O2S2/c1-3-19-14(18)11-4-5-12-13(11)17-15(21-12)16-9(2)10-6-7-20-8-10/h6-9,11H,3-5H2,1-2H3,(H,16,17). The van der Waals surface area contributed by atoms with Crippen LogP contribution in [0.1, 0.15) is 48.4 Å². The quantitative estimate of drug-likeness (QED) is 0.846. The molecule has 0 fully saturated rings. The second-order valence-electron chi connectivity index (χ2n) is 5.09. The van der Waals surface area contributed by atoms with Gasteiger partial charge in [0.25, 0.3) is 0 Å². The third-order valence-electron chi connectivity index (χ3n) is 3.67. The van der Waals surface area contributed by atoms with Crippen LogP contribution in [0.5, 0.6) is 0 Å². The molecule has 2 heterocycles. The molecule has 6 heteroatoms. The minimum Gasteiger partial charge on any atom is -0.465 e. The normalized spacial score (nSPS) is 18.3. The highest BCUT2D eigenvalue weighted by atomic mass is 32.1. The van der Waals surface area contributed by atoms with E-state index in [2.05, 4.69) is 34.1 Å². The van der Waals surface area contributed by atoms with E-state index in [1.807, 2.05) is 6.92 Å². The van der Waals surface area contributed by atoms with Gasteiger partial charge >= 0.3 is 5.97 Å². The summed E-state index contributed by atoms with van der Waals surface area (Å²) in [5.74, 6) is -0.317. The van der Waals surface area contributed by atoms with E-state index in [4.69, 9.17) is 4.74 Å². The van der Waals surface area contributed by atoms with Crippen LogP contribution in [0.2, 0.25) is 0 Å². The van der Waals surface area contributed by atoms with Crippen LogP contribution in [0.25, 0.3) is 0 Å². The van der Waals surface area contributed by atoms with Crippen molar-refractivity contribution in [3.05, 3.63) is 33.0 Å². The summed E-state index contributed by atoms with van der Waals surface area (Å²) in [7, 11) is 0. The number of ether oxygens (including phenoxy) is 1. The first-order chi connectivity index (χ1) is 10.2. The van der Waals surface area contributed by atoms with Crippen LogP contribution in [0.15, 0.2) is 16.8 Å². The van der Waals surface area contributed by atoms with Gasteiger partial charge in [0.1, 0.15) is 5.92 Å². The minimum atomic E-state index is -0.178. The third kappa shape index (κ3) is 2.96. The van der Waals surface area contributed by atoms with Crippen LogP contribution in [0.3, 0.4) is 0 Å². The van der Waals surface area contributed by atoms with Crippen LogP contribution in [-0.2, 0) is 16.0 Å². The van der Waals surface area contributed by atoms with Gasteiger partial charge in [0.05, 0.1) is 18.3 Å². The average molecular weight is 322 g/mol. The number of carbonyl (C=O) groups is 1. The van der Waals surface area contributed by atoms with Crippen molar-refractivity contribution in [3.63, 3.8) is 0 Å². The first-order valence-corrected chi connectivity index (χ1v) is 8.89. The predicted molar refractivity (Wildman–Crippen MR) is 86.2 cm³/mol. The van der Waals surface area contributed by atoms with Gasteiger partial charge in [-0.05, 0) is 49.1 Å². The topological polar surface area (TPSA) is 51.2 Å². The van der Waals surface area contributed by atoms with Crippen molar-refractivity contribution in [1.29, 1.82) is 0 Å². The van der Waals surface area contributed by atoms with Crippen LogP contribution in [-0.4, -0.2) is 17.6 Å². The lowest BCUT2D eigenvalue weighted by atomic mass is 10.1. The van der Waals surface area contributed by atoms with E-state index in [-0.39, 0.29) is 17.9 Å². The Bertz CT molecular complexity index is 622. The summed E-state index contributed by atoms with van der Waals surface area (Å²) >= 11 is 3.35. The first kappa shape index (κ1) is 14.5. The molecule has 3 rings (SSSR count). The van der Waals surface area contributed by atoms with Gasteiger partial charge in [-0.15, -0.1) is 11.3 Å². The van der Waals surface area contributed by atoms with Gasteiger partial charge in [0.15, 0.2) is 5.13 Å². The number of fused-ring (bicyclic) bond motifs is 1. The van der Waals surface area contributed by atoms with Gasteiger partial charge in [-0.1, -0.05) is 0 Å². The van der Waals surface area contributed by atoms with Gasteiger partial charge in [-0.3, -0.25) is 4.79 Å². The van der Waals surface area contributed by atoms with Crippen molar-refractivity contribution in [2.75, 3.05) is 11.9 Å². The molecule has 0 saturated heterocycles. The van der Waals surface area contributed by atoms with E-state index in [9.17, 15) is 4.79 Å². The Morgan fingerprint density at radius 2 is 2.48 bits per heavy atom. The molecular formula is C15H18N2O2S2. The second-order valence-corrected chi connectivity index (χ2v) is 6.96. The van der Waals surface area contributed by atoms with E-state index >= 15 is 0 Å². The van der Waals surface area contributed by atoms with Crippen molar-refractivity contribution >= 4 is 33.8 Å². The summed E-state index contributed by atoms with van der Waals surface area (Å²) in [4.78, 5) is 17.8. The molecule has 0 saturated carbocycles. The smallest absolute Gasteiger partial charge is 0.315 e. The number of hydrogen-bond acceptors (Lipinski definition) is 6. The Balaban J connectivity index is 1.73. The molecule has 0 amide bonds. The molecule has 1 aliphatic carbocycles. The molecular weight excluding hydrogens is 304 g/mol. The molecule has 2 atom stereocenters. The molecule has 0 spiro atoms. The van der Waals surface area contributed by atoms with Gasteiger partial charge in [-0.2, -0.15) is 11.3 Å². The Labute approximate surface area is 132 Å². The summed E-state index contributed by atoms with van der Waals surface area (Å²) in [5, 5.41) is 8.54. The van der Waals surface area contributed by atoms with Gasteiger partial charge in [0.2, 0.25) is 0 Å². The Hall–Kier alpha value is -1.40. The highest BCUT2D eigenvalue weighted by molar-refractivity contribution is 7.15. The number of carbonyl (C=O) groups excluding carboxylic acids is 1. The van der Waals surface area contributed by atoms with Crippen molar-refractivity contribution in [2.45, 2.75) is 38.6 Å². The van der Waals surface area contributed by atoms with Crippen LogP contribution in [0.4, 0.5) is 5.13 Å². The van der Waals surface area contributed by atoms with Gasteiger partial charge in [0, 0.05) is 4.88 Å². The highest BCUT2D eigenvalue weighted by Gasteiger charge is 2.33. The number of aryl methyl sites for hydroxylation is 1. The zero-order valence-electron chi connectivity index (χ0n) is 12.1. The number of thiazole rings is 1. The SMILES string of the molecule is CCOC(=O)C1CCc2sc(NC(C)c3ccsc3)nc21. The van der Waals surface area contributed by atoms with Gasteiger partial charge in [-0.25, -0.2) is 4.98 Å². The summed E-state index contributed by atoms with van der Waals surface area (Å²) in [6, 6.07) is 2.34. The van der Waals surface area contributed by atoms with Crippen molar-refractivity contribution < 1.29 is 9.53 Å². The van der Waals surface area contributed by atoms with E-state index in [1.54, 1.807) is 22.7 Å². The van der Waals surface area contributed by atoms with Crippen LogP contribution >= 0.6 is 22.7 Å². The number of thiophene rings is 1. The maximum atomic E-state index is 11.9. The minimum absolute atomic E-state index is 0.140. The Morgan fingerprint density at radius 3 is 3.19 bits per heavy atom. The van der Waals surface area contributed by atoms with Gasteiger partial charge < -0.3 is 10.1 Å². The van der Waals surface area contributed by atoms with Crippen molar-refractivity contribution in [2.24, 2.45) is 0 Å². The van der Waals surface area contributed by atoms with E-state index in [0.29, 0.717) is 6.61 Å². The molecule has 0 bridgehead atoms. The third-order valence-corrected chi connectivity index (χ3v) is 5.44. The fourth-order valence-electron chi connectivity index (χ4n) is 2.55. The molecule has 4 nitrogen and oxygen atoms in total. The molecule has 0 radical (unpaired) electrons. The highest BCUT2D eigenvalue weighted by Crippen LogP contribution is 2.39. The fraction of sp³-hybridized carbons (Fsp3) is 0.467. The molecule has 0 aliphatic heterocycles. The summed E-state index contributed by atoms with van der Waals surface area (Å²) in [6.07, 6.45) is 1.75. The number of aromatic nitrogens is 1. The average Bonchev–Trinajstić information content (AvgIpc) is 3.14. The number of esters is 1. The van der Waals surface area contributed by atoms with E-state index in [0.717, 1.165) is 23.7 Å². The second kappa shape index (κ2) is 6.15.